The molecule has 1 fully saturated rings. The minimum absolute atomic E-state index is 0.0610. The van der Waals surface area contributed by atoms with Gasteiger partial charge in [-0.3, -0.25) is 38.6 Å². The minimum Gasteiger partial charge on any atom is -0.481 e. The van der Waals surface area contributed by atoms with Crippen molar-refractivity contribution >= 4 is 53.3 Å². The second-order valence-corrected chi connectivity index (χ2v) is 14.5. The second kappa shape index (κ2) is 24.5. The first-order chi connectivity index (χ1) is 26.2. The Morgan fingerprint density at radius 3 is 1.86 bits per heavy atom. The van der Waals surface area contributed by atoms with E-state index in [1.165, 1.54) is 13.8 Å². The number of hydrogen-bond acceptors (Lipinski definition) is 11. The maximum atomic E-state index is 13.6. The van der Waals surface area contributed by atoms with Gasteiger partial charge in [-0.05, 0) is 70.8 Å². The van der Waals surface area contributed by atoms with Crippen LogP contribution in [-0.4, -0.2) is 130 Å². The van der Waals surface area contributed by atoms with Crippen molar-refractivity contribution in [2.45, 2.75) is 141 Å². The van der Waals surface area contributed by atoms with Crippen molar-refractivity contribution in [3.05, 3.63) is 0 Å². The number of aliphatic hydroxyl groups is 1. The van der Waals surface area contributed by atoms with E-state index in [0.29, 0.717) is 19.4 Å². The summed E-state index contributed by atoms with van der Waals surface area (Å²) < 4.78 is 0. The van der Waals surface area contributed by atoms with Crippen molar-refractivity contribution in [3.63, 3.8) is 0 Å². The van der Waals surface area contributed by atoms with Gasteiger partial charge in [0, 0.05) is 13.0 Å². The molecule has 0 aliphatic carbocycles. The van der Waals surface area contributed by atoms with E-state index in [0.717, 1.165) is 6.42 Å². The number of aliphatic imine (C=N–C) groups is 1. The highest BCUT2D eigenvalue weighted by Crippen LogP contribution is 2.13. The number of nitrogens with zero attached hydrogens (tertiary/aromatic N) is 1. The Bertz CT molecular complexity index is 1400. The molecule has 0 radical (unpaired) electrons. The molecule has 1 rings (SSSR count). The first-order valence-corrected chi connectivity index (χ1v) is 18.9. The molecular weight excluding hydrogens is 736 g/mol. The van der Waals surface area contributed by atoms with E-state index in [2.05, 4.69) is 42.2 Å². The molecule has 0 bridgehead atoms. The van der Waals surface area contributed by atoms with Gasteiger partial charge in [0.2, 0.25) is 35.4 Å². The molecule has 1 heterocycles. The van der Waals surface area contributed by atoms with Crippen LogP contribution in [0, 0.1) is 11.8 Å². The summed E-state index contributed by atoms with van der Waals surface area (Å²) in [6, 6.07) is -8.47. The summed E-state index contributed by atoms with van der Waals surface area (Å²) in [6.45, 7) is 10.5. The van der Waals surface area contributed by atoms with E-state index in [-0.39, 0.29) is 49.5 Å². The molecule has 21 heteroatoms. The standard InChI is InChI=1S/C35H62N10O11/c1-7-18(4)26(44-29(50)21-10-8-14-38-21)32(53)45-27(20(6)46)33(54)40-19(5)28(49)43-24(16-17(2)3)31(52)41-22(11-9-15-39-35(36)37)30(51)42-23(34(55)56)12-13-25(47)48/h17-24,26-27,38,46H,7-16H2,1-6H3,(H,40,54)(H,41,52)(H,42,51)(H,43,49)(H,44,50)(H,45,53)(H,47,48)(H,55,56)(H4,36,37,39). The molecule has 9 atom stereocenters. The molecule has 21 nitrogen and oxygen atoms in total. The van der Waals surface area contributed by atoms with Crippen LogP contribution < -0.4 is 48.7 Å². The SMILES string of the molecule is CCC(C)C(NC(=O)C1CCCN1)C(=O)NC(C(=O)NC(C)C(=O)NC(CC(C)C)C(=O)NC(CCCN=C(N)N)C(=O)NC(CCC(=O)O)C(=O)O)C(C)O. The molecule has 1 aliphatic heterocycles. The summed E-state index contributed by atoms with van der Waals surface area (Å²) in [4.78, 5) is 106. The average Bonchev–Trinajstić information content (AvgIpc) is 3.66. The largest absolute Gasteiger partial charge is 0.481 e. The van der Waals surface area contributed by atoms with Gasteiger partial charge < -0.3 is 64.0 Å². The Morgan fingerprint density at radius 2 is 1.34 bits per heavy atom. The molecular formula is C35H62N10O11. The summed E-state index contributed by atoms with van der Waals surface area (Å²) >= 11 is 0. The van der Waals surface area contributed by atoms with Gasteiger partial charge in [-0.25, -0.2) is 4.79 Å². The fourth-order valence-electron chi connectivity index (χ4n) is 5.72. The van der Waals surface area contributed by atoms with Crippen LogP contribution in [0.2, 0.25) is 0 Å². The van der Waals surface area contributed by atoms with Gasteiger partial charge in [0.1, 0.15) is 36.3 Å². The lowest BCUT2D eigenvalue weighted by atomic mass is 9.97. The predicted octanol–water partition coefficient (Wildman–Crippen LogP) is -2.86. The van der Waals surface area contributed by atoms with E-state index < -0.39 is 103 Å². The van der Waals surface area contributed by atoms with Crippen molar-refractivity contribution in [3.8, 4) is 0 Å². The molecule has 318 valence electrons. The molecule has 1 aliphatic rings. The number of carboxylic acids is 2. The van der Waals surface area contributed by atoms with Crippen LogP contribution in [0.5, 0.6) is 0 Å². The topological polar surface area (TPSA) is 346 Å². The number of aliphatic hydroxyl groups excluding tert-OH is 1. The van der Waals surface area contributed by atoms with Crippen molar-refractivity contribution in [1.29, 1.82) is 0 Å². The summed E-state index contributed by atoms with van der Waals surface area (Å²) in [5.41, 5.74) is 10.7. The zero-order valence-electron chi connectivity index (χ0n) is 33.1. The Kier molecular flexibility index (Phi) is 21.4. The third-order valence-electron chi connectivity index (χ3n) is 9.16. The molecule has 0 aromatic rings. The monoisotopic (exact) mass is 798 g/mol. The number of carbonyl (C=O) groups is 8. The number of hydrogen-bond donors (Lipinski definition) is 12. The Hall–Kier alpha value is -5.05. The molecule has 0 aromatic carbocycles. The van der Waals surface area contributed by atoms with E-state index in [9.17, 15) is 48.6 Å². The van der Waals surface area contributed by atoms with Gasteiger partial charge in [-0.1, -0.05) is 34.1 Å². The normalized spacial score (nSPS) is 18.0. The van der Waals surface area contributed by atoms with Crippen LogP contribution in [0.25, 0.3) is 0 Å². The highest BCUT2D eigenvalue weighted by atomic mass is 16.4. The van der Waals surface area contributed by atoms with Crippen LogP contribution in [0.15, 0.2) is 4.99 Å². The van der Waals surface area contributed by atoms with Crippen LogP contribution in [-0.2, 0) is 38.4 Å². The van der Waals surface area contributed by atoms with Crippen LogP contribution in [0.3, 0.4) is 0 Å². The summed E-state index contributed by atoms with van der Waals surface area (Å²) in [5.74, 6) is -8.01. The van der Waals surface area contributed by atoms with E-state index in [1.807, 2.05) is 6.92 Å². The molecule has 6 amide bonds. The summed E-state index contributed by atoms with van der Waals surface area (Å²) in [6.07, 6.45) is -0.286. The molecule has 0 saturated carbocycles. The van der Waals surface area contributed by atoms with Crippen molar-refractivity contribution < 1.29 is 53.7 Å². The molecule has 9 unspecified atom stereocenters. The first kappa shape index (κ1) is 49.0. The van der Waals surface area contributed by atoms with E-state index in [4.69, 9.17) is 16.6 Å². The zero-order chi connectivity index (χ0) is 42.7. The van der Waals surface area contributed by atoms with Crippen LogP contribution in [0.4, 0.5) is 0 Å². The van der Waals surface area contributed by atoms with Gasteiger partial charge >= 0.3 is 11.9 Å². The lowest BCUT2D eigenvalue weighted by Gasteiger charge is -2.29. The van der Waals surface area contributed by atoms with Gasteiger partial charge in [-0.2, -0.15) is 0 Å². The summed E-state index contributed by atoms with van der Waals surface area (Å²) in [7, 11) is 0. The first-order valence-electron chi connectivity index (χ1n) is 18.9. The minimum atomic E-state index is -1.57. The van der Waals surface area contributed by atoms with E-state index in [1.54, 1.807) is 20.8 Å². The fraction of sp³-hybridized carbons (Fsp3) is 0.743. The Labute approximate surface area is 326 Å². The predicted molar refractivity (Wildman–Crippen MR) is 203 cm³/mol. The van der Waals surface area contributed by atoms with Gasteiger partial charge in [0.15, 0.2) is 5.96 Å². The number of guanidine groups is 1. The zero-order valence-corrected chi connectivity index (χ0v) is 33.1. The molecule has 56 heavy (non-hydrogen) atoms. The third kappa shape index (κ3) is 17.6. The maximum absolute atomic E-state index is 13.6. The average molecular weight is 799 g/mol. The molecule has 1 saturated heterocycles. The highest BCUT2D eigenvalue weighted by molar-refractivity contribution is 5.97. The number of amides is 6. The van der Waals surface area contributed by atoms with Crippen molar-refractivity contribution in [2.24, 2.45) is 28.3 Å². The highest BCUT2D eigenvalue weighted by Gasteiger charge is 2.36. The van der Waals surface area contributed by atoms with Crippen LogP contribution in [0.1, 0.15) is 92.9 Å². The Morgan fingerprint density at radius 1 is 0.750 bits per heavy atom. The second-order valence-electron chi connectivity index (χ2n) is 14.5. The molecule has 0 spiro atoms. The fourth-order valence-corrected chi connectivity index (χ4v) is 5.72. The van der Waals surface area contributed by atoms with Crippen molar-refractivity contribution in [2.75, 3.05) is 13.1 Å². The number of aliphatic carboxylic acids is 2. The molecule has 0 aromatic heterocycles. The number of nitrogens with two attached hydrogens (primary N) is 2. The quantitative estimate of drug-likeness (QED) is 0.0251. The Balaban J connectivity index is 3.12. The third-order valence-corrected chi connectivity index (χ3v) is 9.16. The van der Waals surface area contributed by atoms with Gasteiger partial charge in [0.05, 0.1) is 12.1 Å². The summed E-state index contributed by atoms with van der Waals surface area (Å²) in [5, 5.41) is 47.1. The van der Waals surface area contributed by atoms with Crippen LogP contribution >= 0.6 is 0 Å². The maximum Gasteiger partial charge on any atom is 0.326 e. The van der Waals surface area contributed by atoms with E-state index >= 15 is 0 Å². The number of nitrogens with one attached hydrogen (secondary N) is 7. The van der Waals surface area contributed by atoms with Gasteiger partial charge in [0.25, 0.3) is 0 Å². The number of rotatable bonds is 25. The lowest BCUT2D eigenvalue weighted by molar-refractivity contribution is -0.143. The lowest BCUT2D eigenvalue weighted by Crippen LogP contribution is -2.61. The van der Waals surface area contributed by atoms with Crippen molar-refractivity contribution in [1.82, 2.24) is 37.2 Å². The molecule has 14 N–H and O–H groups in total. The smallest absolute Gasteiger partial charge is 0.326 e. The number of carbonyl (C=O) groups excluding carboxylic acids is 6. The van der Waals surface area contributed by atoms with Gasteiger partial charge in [-0.15, -0.1) is 0 Å². The number of carboxylic acid groups (broad SMARTS) is 2.